The van der Waals surface area contributed by atoms with Gasteiger partial charge in [0.25, 0.3) is 0 Å². The van der Waals surface area contributed by atoms with Crippen molar-refractivity contribution in [2.75, 3.05) is 0 Å². The van der Waals surface area contributed by atoms with E-state index in [-0.39, 0.29) is 6.10 Å². The number of aryl methyl sites for hydroxylation is 2. The van der Waals surface area contributed by atoms with E-state index >= 15 is 0 Å². The fourth-order valence-corrected chi connectivity index (χ4v) is 2.44. The van der Waals surface area contributed by atoms with Crippen molar-refractivity contribution in [2.45, 2.75) is 40.2 Å². The van der Waals surface area contributed by atoms with Gasteiger partial charge in [-0.05, 0) is 31.4 Å². The summed E-state index contributed by atoms with van der Waals surface area (Å²) in [7, 11) is 0. The van der Waals surface area contributed by atoms with Crippen LogP contribution >= 0.6 is 11.3 Å². The molecular formula is C11H18OS. The summed E-state index contributed by atoms with van der Waals surface area (Å²) in [5.41, 5.74) is 1.12. The largest absolute Gasteiger partial charge is 0.388 e. The van der Waals surface area contributed by atoms with Crippen LogP contribution in [0.2, 0.25) is 0 Å². The first-order chi connectivity index (χ1) is 6.06. The van der Waals surface area contributed by atoms with Crippen LogP contribution < -0.4 is 0 Å². The van der Waals surface area contributed by atoms with Crippen LogP contribution in [0.5, 0.6) is 0 Å². The molecule has 13 heavy (non-hydrogen) atoms. The minimum atomic E-state index is -0.282. The molecule has 0 fully saturated rings. The Labute approximate surface area is 84.4 Å². The van der Waals surface area contributed by atoms with Crippen molar-refractivity contribution in [3.8, 4) is 0 Å². The second-order valence-electron chi connectivity index (χ2n) is 3.70. The number of rotatable bonds is 3. The molecule has 0 aliphatic carbocycles. The zero-order chi connectivity index (χ0) is 10.0. The molecule has 0 spiro atoms. The smallest absolute Gasteiger partial charge is 0.0826 e. The summed E-state index contributed by atoms with van der Waals surface area (Å²) >= 11 is 1.77. The summed E-state index contributed by atoms with van der Waals surface area (Å²) in [6.07, 6.45) is 0.741. The number of aliphatic hydroxyl groups excluding tert-OH is 1. The SMILES string of the molecule is CCC(C)C(O)c1cc(C)sc1C. The molecule has 2 heteroatoms. The maximum atomic E-state index is 9.99. The maximum Gasteiger partial charge on any atom is 0.0826 e. The van der Waals surface area contributed by atoms with Gasteiger partial charge >= 0.3 is 0 Å². The highest BCUT2D eigenvalue weighted by molar-refractivity contribution is 7.12. The molecular weight excluding hydrogens is 180 g/mol. The van der Waals surface area contributed by atoms with Crippen LogP contribution in [0.15, 0.2) is 6.07 Å². The monoisotopic (exact) mass is 198 g/mol. The minimum absolute atomic E-state index is 0.282. The van der Waals surface area contributed by atoms with E-state index in [1.807, 2.05) is 0 Å². The van der Waals surface area contributed by atoms with Crippen molar-refractivity contribution < 1.29 is 5.11 Å². The lowest BCUT2D eigenvalue weighted by Crippen LogP contribution is -2.07. The fourth-order valence-electron chi connectivity index (χ4n) is 1.47. The third kappa shape index (κ3) is 2.32. The standard InChI is InChI=1S/C11H18OS/c1-5-7(2)11(12)10-6-8(3)13-9(10)4/h6-7,11-12H,5H2,1-4H3. The Kier molecular flexibility index (Phi) is 3.51. The van der Waals surface area contributed by atoms with E-state index in [4.69, 9.17) is 0 Å². The highest BCUT2D eigenvalue weighted by atomic mass is 32.1. The Morgan fingerprint density at radius 3 is 2.46 bits per heavy atom. The number of thiophene rings is 1. The van der Waals surface area contributed by atoms with Gasteiger partial charge in [-0.3, -0.25) is 0 Å². The Balaban J connectivity index is 2.87. The Morgan fingerprint density at radius 2 is 2.08 bits per heavy atom. The van der Waals surface area contributed by atoms with E-state index in [1.54, 1.807) is 11.3 Å². The van der Waals surface area contributed by atoms with Crippen molar-refractivity contribution in [3.05, 3.63) is 21.4 Å². The molecule has 0 saturated carbocycles. The van der Waals surface area contributed by atoms with Crippen molar-refractivity contribution in [2.24, 2.45) is 5.92 Å². The van der Waals surface area contributed by atoms with Gasteiger partial charge in [-0.15, -0.1) is 11.3 Å². The van der Waals surface area contributed by atoms with Crippen molar-refractivity contribution in [3.63, 3.8) is 0 Å². The fraction of sp³-hybridized carbons (Fsp3) is 0.636. The maximum absolute atomic E-state index is 9.99. The van der Waals surface area contributed by atoms with Crippen LogP contribution in [0.4, 0.5) is 0 Å². The average molecular weight is 198 g/mol. The van der Waals surface area contributed by atoms with Gasteiger partial charge in [0.15, 0.2) is 0 Å². The predicted molar refractivity (Wildman–Crippen MR) is 58.2 cm³/mol. The number of aliphatic hydroxyl groups is 1. The zero-order valence-electron chi connectivity index (χ0n) is 8.79. The molecule has 1 nitrogen and oxygen atoms in total. The van der Waals surface area contributed by atoms with Gasteiger partial charge < -0.3 is 5.11 Å². The van der Waals surface area contributed by atoms with Crippen molar-refractivity contribution in [1.82, 2.24) is 0 Å². The van der Waals surface area contributed by atoms with Gasteiger partial charge in [0, 0.05) is 9.75 Å². The Hall–Kier alpha value is -0.340. The normalized spacial score (nSPS) is 15.8. The third-order valence-electron chi connectivity index (χ3n) is 2.58. The topological polar surface area (TPSA) is 20.2 Å². The van der Waals surface area contributed by atoms with Gasteiger partial charge in [0.05, 0.1) is 6.10 Å². The molecule has 0 amide bonds. The summed E-state index contributed by atoms with van der Waals surface area (Å²) in [6, 6.07) is 2.11. The van der Waals surface area contributed by atoms with Crippen LogP contribution in [0, 0.1) is 19.8 Å². The van der Waals surface area contributed by atoms with E-state index in [9.17, 15) is 5.11 Å². The van der Waals surface area contributed by atoms with Crippen molar-refractivity contribution >= 4 is 11.3 Å². The van der Waals surface area contributed by atoms with E-state index in [0.29, 0.717) is 5.92 Å². The Bertz CT molecular complexity index is 278. The predicted octanol–water partition coefficient (Wildman–Crippen LogP) is 3.44. The molecule has 1 aromatic rings. The van der Waals surface area contributed by atoms with Gasteiger partial charge in [-0.2, -0.15) is 0 Å². The quantitative estimate of drug-likeness (QED) is 0.788. The lowest BCUT2D eigenvalue weighted by atomic mass is 9.96. The van der Waals surface area contributed by atoms with Crippen molar-refractivity contribution in [1.29, 1.82) is 0 Å². The third-order valence-corrected chi connectivity index (χ3v) is 3.56. The molecule has 1 aromatic heterocycles. The second kappa shape index (κ2) is 4.25. The number of hydrogen-bond donors (Lipinski definition) is 1. The first-order valence-electron chi connectivity index (χ1n) is 4.81. The molecule has 1 rings (SSSR count). The lowest BCUT2D eigenvalue weighted by Gasteiger charge is -2.16. The van der Waals surface area contributed by atoms with Crippen LogP contribution in [0.25, 0.3) is 0 Å². The summed E-state index contributed by atoms with van der Waals surface area (Å²) < 4.78 is 0. The lowest BCUT2D eigenvalue weighted by molar-refractivity contribution is 0.115. The molecule has 1 heterocycles. The Morgan fingerprint density at radius 1 is 1.46 bits per heavy atom. The highest BCUT2D eigenvalue weighted by Gasteiger charge is 2.17. The van der Waals surface area contributed by atoms with E-state index in [2.05, 4.69) is 33.8 Å². The van der Waals surface area contributed by atoms with Gasteiger partial charge in [-0.1, -0.05) is 20.3 Å². The van der Waals surface area contributed by atoms with Crippen LogP contribution in [0.3, 0.4) is 0 Å². The molecule has 74 valence electrons. The van der Waals surface area contributed by atoms with Crippen LogP contribution in [-0.4, -0.2) is 5.11 Å². The molecule has 2 unspecified atom stereocenters. The molecule has 1 N–H and O–H groups in total. The minimum Gasteiger partial charge on any atom is -0.388 e. The summed E-state index contributed by atoms with van der Waals surface area (Å²) in [4.78, 5) is 2.54. The molecule has 0 saturated heterocycles. The van der Waals surface area contributed by atoms with E-state index < -0.39 is 0 Å². The van der Waals surface area contributed by atoms with Gasteiger partial charge in [0.1, 0.15) is 0 Å². The first-order valence-corrected chi connectivity index (χ1v) is 5.63. The van der Waals surface area contributed by atoms with Crippen LogP contribution in [-0.2, 0) is 0 Å². The molecule has 0 radical (unpaired) electrons. The summed E-state index contributed by atoms with van der Waals surface area (Å²) in [5, 5.41) is 9.99. The molecule has 2 atom stereocenters. The molecule has 0 aromatic carbocycles. The highest BCUT2D eigenvalue weighted by Crippen LogP contribution is 2.31. The summed E-state index contributed by atoms with van der Waals surface area (Å²) in [5.74, 6) is 0.354. The zero-order valence-corrected chi connectivity index (χ0v) is 9.61. The number of hydrogen-bond acceptors (Lipinski definition) is 2. The molecule has 0 aliphatic rings. The van der Waals surface area contributed by atoms with E-state index in [1.165, 1.54) is 9.75 Å². The first kappa shape index (κ1) is 10.7. The average Bonchev–Trinajstić information content (AvgIpc) is 2.42. The van der Waals surface area contributed by atoms with E-state index in [0.717, 1.165) is 12.0 Å². The molecule has 0 bridgehead atoms. The van der Waals surface area contributed by atoms with Gasteiger partial charge in [-0.25, -0.2) is 0 Å². The summed E-state index contributed by atoms with van der Waals surface area (Å²) in [6.45, 7) is 8.38. The van der Waals surface area contributed by atoms with Crippen LogP contribution in [0.1, 0.15) is 41.7 Å². The molecule has 0 aliphatic heterocycles. The second-order valence-corrected chi connectivity index (χ2v) is 5.16. The van der Waals surface area contributed by atoms with Gasteiger partial charge in [0.2, 0.25) is 0 Å².